The van der Waals surface area contributed by atoms with Gasteiger partial charge in [0.1, 0.15) is 0 Å². The van der Waals surface area contributed by atoms with Gasteiger partial charge < -0.3 is 4.43 Å². The van der Waals surface area contributed by atoms with Crippen LogP contribution in [0.4, 0.5) is 0 Å². The van der Waals surface area contributed by atoms with Gasteiger partial charge in [-0.1, -0.05) is 38.5 Å². The van der Waals surface area contributed by atoms with E-state index in [0.29, 0.717) is 5.04 Å². The Morgan fingerprint density at radius 3 is 2.31 bits per heavy atom. The second-order valence-corrected chi connectivity index (χ2v) is 10.8. The third-order valence-corrected chi connectivity index (χ3v) is 7.88. The molecule has 0 N–H and O–H groups in total. The summed E-state index contributed by atoms with van der Waals surface area (Å²) >= 11 is 0. The van der Waals surface area contributed by atoms with Crippen LogP contribution in [0.15, 0.2) is 24.3 Å². The molecular formula is C14H28OSi. The molecule has 94 valence electrons. The SMILES string of the molecule is C=CC/C(C)=C\CCO[Si](C)(C)C(C)(C)C. The fourth-order valence-electron chi connectivity index (χ4n) is 1.15. The third-order valence-electron chi connectivity index (χ3n) is 3.35. The Balaban J connectivity index is 4.00. The van der Waals surface area contributed by atoms with Gasteiger partial charge in [-0.25, -0.2) is 0 Å². The number of hydrogen-bond donors (Lipinski definition) is 0. The van der Waals surface area contributed by atoms with Crippen LogP contribution in [-0.2, 0) is 4.43 Å². The van der Waals surface area contributed by atoms with Crippen molar-refractivity contribution < 1.29 is 4.43 Å². The van der Waals surface area contributed by atoms with Crippen LogP contribution in [0.3, 0.4) is 0 Å². The predicted octanol–water partition coefficient (Wildman–Crippen LogP) is 4.92. The van der Waals surface area contributed by atoms with Crippen LogP contribution in [0.2, 0.25) is 18.1 Å². The van der Waals surface area contributed by atoms with E-state index in [-0.39, 0.29) is 0 Å². The van der Waals surface area contributed by atoms with E-state index in [1.807, 2.05) is 6.08 Å². The number of hydrogen-bond acceptors (Lipinski definition) is 1. The average molecular weight is 240 g/mol. The van der Waals surface area contributed by atoms with E-state index in [2.05, 4.69) is 53.4 Å². The Labute approximate surface area is 103 Å². The first-order chi connectivity index (χ1) is 7.20. The van der Waals surface area contributed by atoms with Crippen LogP contribution in [0.1, 0.15) is 40.5 Å². The summed E-state index contributed by atoms with van der Waals surface area (Å²) in [6.45, 7) is 18.2. The van der Waals surface area contributed by atoms with Crippen molar-refractivity contribution in [1.82, 2.24) is 0 Å². The Morgan fingerprint density at radius 1 is 1.31 bits per heavy atom. The number of allylic oxidation sites excluding steroid dienone is 2. The van der Waals surface area contributed by atoms with Gasteiger partial charge in [0.15, 0.2) is 8.32 Å². The molecule has 0 aliphatic rings. The summed E-state index contributed by atoms with van der Waals surface area (Å²) < 4.78 is 6.09. The van der Waals surface area contributed by atoms with Crippen molar-refractivity contribution in [2.45, 2.75) is 58.7 Å². The summed E-state index contributed by atoms with van der Waals surface area (Å²) in [4.78, 5) is 0. The summed E-state index contributed by atoms with van der Waals surface area (Å²) in [5, 5.41) is 0.312. The first kappa shape index (κ1) is 15.7. The van der Waals surface area contributed by atoms with E-state index in [0.717, 1.165) is 19.4 Å². The Kier molecular flexibility index (Phi) is 6.27. The highest BCUT2D eigenvalue weighted by molar-refractivity contribution is 6.74. The highest BCUT2D eigenvalue weighted by Gasteiger charge is 2.36. The van der Waals surface area contributed by atoms with Crippen LogP contribution in [-0.4, -0.2) is 14.9 Å². The smallest absolute Gasteiger partial charge is 0.191 e. The highest BCUT2D eigenvalue weighted by atomic mass is 28.4. The average Bonchev–Trinajstić information content (AvgIpc) is 2.11. The normalized spacial score (nSPS) is 14.0. The van der Waals surface area contributed by atoms with Crippen molar-refractivity contribution in [3.05, 3.63) is 24.3 Å². The van der Waals surface area contributed by atoms with Crippen LogP contribution in [0.5, 0.6) is 0 Å². The molecule has 0 aromatic carbocycles. The molecule has 0 aromatic heterocycles. The standard InChI is InChI=1S/C14H28OSi/c1-8-10-13(2)11-9-12-15-16(6,7)14(3,4)5/h8,11H,1,9-10,12H2,2-7H3/b13-11-. The molecule has 1 nitrogen and oxygen atoms in total. The molecule has 0 aliphatic carbocycles. The van der Waals surface area contributed by atoms with Crippen molar-refractivity contribution >= 4 is 8.32 Å². The van der Waals surface area contributed by atoms with E-state index >= 15 is 0 Å². The second-order valence-electron chi connectivity index (χ2n) is 5.94. The van der Waals surface area contributed by atoms with E-state index in [9.17, 15) is 0 Å². The summed E-state index contributed by atoms with van der Waals surface area (Å²) in [5.74, 6) is 0. The molecule has 0 bridgehead atoms. The van der Waals surface area contributed by atoms with E-state index in [4.69, 9.17) is 4.43 Å². The van der Waals surface area contributed by atoms with E-state index in [1.54, 1.807) is 0 Å². The summed E-state index contributed by atoms with van der Waals surface area (Å²) in [6, 6.07) is 0. The van der Waals surface area contributed by atoms with Crippen molar-refractivity contribution in [3.63, 3.8) is 0 Å². The zero-order valence-corrected chi connectivity index (χ0v) is 12.9. The summed E-state index contributed by atoms with van der Waals surface area (Å²) in [6.07, 6.45) is 6.21. The summed E-state index contributed by atoms with van der Waals surface area (Å²) in [5.41, 5.74) is 1.38. The molecule has 2 heteroatoms. The molecule has 0 rings (SSSR count). The van der Waals surface area contributed by atoms with Crippen molar-refractivity contribution in [2.24, 2.45) is 0 Å². The maximum Gasteiger partial charge on any atom is 0.191 e. The quantitative estimate of drug-likeness (QED) is 0.364. The Morgan fingerprint density at radius 2 is 1.88 bits per heavy atom. The van der Waals surface area contributed by atoms with Gasteiger partial charge in [-0.3, -0.25) is 0 Å². The lowest BCUT2D eigenvalue weighted by molar-refractivity contribution is 0.294. The number of rotatable bonds is 6. The molecule has 0 atom stereocenters. The lowest BCUT2D eigenvalue weighted by atomic mass is 10.2. The monoisotopic (exact) mass is 240 g/mol. The molecule has 0 radical (unpaired) electrons. The molecule has 0 aliphatic heterocycles. The lowest BCUT2D eigenvalue weighted by Crippen LogP contribution is -2.40. The van der Waals surface area contributed by atoms with Crippen molar-refractivity contribution in [3.8, 4) is 0 Å². The molecule has 0 saturated heterocycles. The highest BCUT2D eigenvalue weighted by Crippen LogP contribution is 2.36. The van der Waals surface area contributed by atoms with Crippen LogP contribution in [0, 0.1) is 0 Å². The maximum absolute atomic E-state index is 6.09. The Hall–Kier alpha value is -0.343. The largest absolute Gasteiger partial charge is 0.417 e. The first-order valence-corrected chi connectivity index (χ1v) is 9.02. The van der Waals surface area contributed by atoms with E-state index in [1.165, 1.54) is 5.57 Å². The molecule has 0 amide bonds. The van der Waals surface area contributed by atoms with Gasteiger partial charge in [0.25, 0.3) is 0 Å². The predicted molar refractivity (Wildman–Crippen MR) is 76.3 cm³/mol. The van der Waals surface area contributed by atoms with Crippen LogP contribution < -0.4 is 0 Å². The van der Waals surface area contributed by atoms with Gasteiger partial charge in [0.05, 0.1) is 0 Å². The maximum atomic E-state index is 6.09. The molecule has 0 aromatic rings. The van der Waals surface area contributed by atoms with Gasteiger partial charge >= 0.3 is 0 Å². The van der Waals surface area contributed by atoms with Crippen molar-refractivity contribution in [1.29, 1.82) is 0 Å². The molecule has 0 saturated carbocycles. The summed E-state index contributed by atoms with van der Waals surface area (Å²) in [7, 11) is -1.54. The third kappa shape index (κ3) is 5.66. The van der Waals surface area contributed by atoms with Gasteiger partial charge in [-0.15, -0.1) is 6.58 Å². The van der Waals surface area contributed by atoms with Gasteiger partial charge in [0, 0.05) is 6.61 Å². The molecule has 0 fully saturated rings. The lowest BCUT2D eigenvalue weighted by Gasteiger charge is -2.36. The van der Waals surface area contributed by atoms with Gasteiger partial charge in [-0.2, -0.15) is 0 Å². The molecule has 16 heavy (non-hydrogen) atoms. The minimum atomic E-state index is -1.54. The molecule has 0 spiro atoms. The molecular weight excluding hydrogens is 212 g/mol. The van der Waals surface area contributed by atoms with Crippen LogP contribution >= 0.6 is 0 Å². The van der Waals surface area contributed by atoms with Gasteiger partial charge in [0.2, 0.25) is 0 Å². The fraction of sp³-hybridized carbons (Fsp3) is 0.714. The van der Waals surface area contributed by atoms with Crippen molar-refractivity contribution in [2.75, 3.05) is 6.61 Å². The molecule has 0 heterocycles. The van der Waals surface area contributed by atoms with Gasteiger partial charge in [-0.05, 0) is 37.9 Å². The fourth-order valence-corrected chi connectivity index (χ4v) is 2.21. The van der Waals surface area contributed by atoms with E-state index < -0.39 is 8.32 Å². The zero-order valence-electron chi connectivity index (χ0n) is 11.9. The van der Waals surface area contributed by atoms with Crippen LogP contribution in [0.25, 0.3) is 0 Å². The minimum absolute atomic E-state index is 0.312. The zero-order chi connectivity index (χ0) is 12.8. The minimum Gasteiger partial charge on any atom is -0.417 e. The topological polar surface area (TPSA) is 9.23 Å². The second kappa shape index (κ2) is 6.41. The Bertz CT molecular complexity index is 246. The molecule has 0 unspecified atom stereocenters. The first-order valence-electron chi connectivity index (χ1n) is 6.11.